The van der Waals surface area contributed by atoms with E-state index in [1.807, 2.05) is 17.5 Å². The first-order chi connectivity index (χ1) is 6.38. The summed E-state index contributed by atoms with van der Waals surface area (Å²) in [5.41, 5.74) is 0. The van der Waals surface area contributed by atoms with Crippen LogP contribution in [0.2, 0.25) is 0 Å². The van der Waals surface area contributed by atoms with E-state index in [2.05, 4.69) is 4.98 Å². The molecular weight excluding hydrogens is 190 g/mol. The third-order valence-electron chi connectivity index (χ3n) is 1.20. The summed E-state index contributed by atoms with van der Waals surface area (Å²) in [5.74, 6) is 0.843. The van der Waals surface area contributed by atoms with Gasteiger partial charge in [-0.15, -0.1) is 11.3 Å². The topological polar surface area (TPSA) is 60.2 Å². The number of oxazole rings is 1. The van der Waals surface area contributed by atoms with Gasteiger partial charge in [-0.3, -0.25) is 0 Å². The standard InChI is InChI=1S/C7H5NOS.CO2/c1-2-7(10-3-1)6-4-8-5-9-6;2-1-3/h1-5H;. The fourth-order valence-electron chi connectivity index (χ4n) is 0.756. The molecule has 5 heteroatoms. The Hall–Kier alpha value is -1.71. The highest BCUT2D eigenvalue weighted by Gasteiger charge is 1.99. The maximum Gasteiger partial charge on any atom is 0.373 e. The van der Waals surface area contributed by atoms with E-state index in [4.69, 9.17) is 14.0 Å². The zero-order valence-corrected chi connectivity index (χ0v) is 7.28. The lowest BCUT2D eigenvalue weighted by molar-refractivity contribution is -0.191. The van der Waals surface area contributed by atoms with Crippen LogP contribution in [0.1, 0.15) is 0 Å². The quantitative estimate of drug-likeness (QED) is 0.696. The first-order valence-electron chi connectivity index (χ1n) is 3.30. The van der Waals surface area contributed by atoms with E-state index in [1.165, 1.54) is 6.39 Å². The SMILES string of the molecule is O=C=O.c1csc(-c2cnco2)c1. The number of hydrogen-bond donors (Lipinski definition) is 0. The summed E-state index contributed by atoms with van der Waals surface area (Å²) in [6.07, 6.45) is 3.40. The Balaban J connectivity index is 0.000000251. The first-order valence-corrected chi connectivity index (χ1v) is 4.18. The molecule has 66 valence electrons. The van der Waals surface area contributed by atoms with Gasteiger partial charge in [0.1, 0.15) is 0 Å². The highest BCUT2D eigenvalue weighted by Crippen LogP contribution is 2.23. The van der Waals surface area contributed by atoms with Gasteiger partial charge in [-0.1, -0.05) is 6.07 Å². The Kier molecular flexibility index (Phi) is 3.63. The number of thiophene rings is 1. The zero-order valence-electron chi connectivity index (χ0n) is 6.47. The van der Waals surface area contributed by atoms with Crippen LogP contribution in [0.5, 0.6) is 0 Å². The fourth-order valence-corrected chi connectivity index (χ4v) is 1.43. The zero-order chi connectivity index (χ0) is 9.52. The van der Waals surface area contributed by atoms with Gasteiger partial charge in [-0.2, -0.15) is 9.59 Å². The molecule has 0 unspecified atom stereocenters. The van der Waals surface area contributed by atoms with Crippen molar-refractivity contribution < 1.29 is 14.0 Å². The molecule has 0 saturated carbocycles. The van der Waals surface area contributed by atoms with Gasteiger partial charge in [-0.25, -0.2) is 4.98 Å². The molecule has 0 spiro atoms. The predicted octanol–water partition coefficient (Wildman–Crippen LogP) is 1.82. The summed E-state index contributed by atoms with van der Waals surface area (Å²) >= 11 is 1.65. The van der Waals surface area contributed by atoms with Gasteiger partial charge in [0.05, 0.1) is 11.1 Å². The molecule has 0 aromatic carbocycles. The van der Waals surface area contributed by atoms with Crippen molar-refractivity contribution in [2.45, 2.75) is 0 Å². The maximum atomic E-state index is 8.12. The van der Waals surface area contributed by atoms with Gasteiger partial charge >= 0.3 is 6.15 Å². The molecule has 2 aromatic rings. The average molecular weight is 195 g/mol. The fraction of sp³-hybridized carbons (Fsp3) is 0. The van der Waals surface area contributed by atoms with E-state index < -0.39 is 0 Å². The van der Waals surface area contributed by atoms with Crippen LogP contribution in [0.25, 0.3) is 10.6 Å². The Morgan fingerprint density at radius 2 is 2.23 bits per heavy atom. The van der Waals surface area contributed by atoms with Gasteiger partial charge in [0.15, 0.2) is 12.2 Å². The summed E-state index contributed by atoms with van der Waals surface area (Å²) in [7, 11) is 0. The summed E-state index contributed by atoms with van der Waals surface area (Å²) in [4.78, 5) is 21.2. The lowest BCUT2D eigenvalue weighted by atomic mass is 10.4. The van der Waals surface area contributed by atoms with Crippen molar-refractivity contribution in [3.63, 3.8) is 0 Å². The van der Waals surface area contributed by atoms with Crippen LogP contribution in [0.4, 0.5) is 0 Å². The average Bonchev–Trinajstić information content (AvgIpc) is 2.78. The summed E-state index contributed by atoms with van der Waals surface area (Å²) in [6, 6.07) is 3.99. The van der Waals surface area contributed by atoms with Gasteiger partial charge in [-0.05, 0) is 11.4 Å². The van der Waals surface area contributed by atoms with E-state index in [1.54, 1.807) is 17.5 Å². The van der Waals surface area contributed by atoms with Crippen molar-refractivity contribution in [3.8, 4) is 10.6 Å². The normalized spacial score (nSPS) is 8.31. The lowest BCUT2D eigenvalue weighted by Gasteiger charge is -1.83. The van der Waals surface area contributed by atoms with E-state index in [9.17, 15) is 0 Å². The minimum Gasteiger partial charge on any atom is -0.443 e. The van der Waals surface area contributed by atoms with Crippen molar-refractivity contribution in [1.29, 1.82) is 0 Å². The molecule has 0 saturated heterocycles. The first kappa shape index (κ1) is 9.38. The second kappa shape index (κ2) is 5.03. The van der Waals surface area contributed by atoms with Crippen LogP contribution in [-0.2, 0) is 9.59 Å². The molecule has 0 amide bonds. The number of carbonyl (C=O) groups excluding carboxylic acids is 2. The van der Waals surface area contributed by atoms with Crippen LogP contribution in [0.3, 0.4) is 0 Å². The molecule has 0 aliphatic carbocycles. The third kappa shape index (κ3) is 2.66. The molecule has 0 aliphatic heterocycles. The smallest absolute Gasteiger partial charge is 0.373 e. The Labute approximate surface area is 77.8 Å². The molecular formula is C8H5NO3S. The molecule has 0 bridgehead atoms. The molecule has 2 rings (SSSR count). The Bertz CT molecular complexity index is 328. The van der Waals surface area contributed by atoms with Crippen LogP contribution < -0.4 is 0 Å². The van der Waals surface area contributed by atoms with Crippen molar-refractivity contribution in [2.75, 3.05) is 0 Å². The minimum atomic E-state index is 0.250. The van der Waals surface area contributed by atoms with Crippen molar-refractivity contribution in [2.24, 2.45) is 0 Å². The predicted molar refractivity (Wildman–Crippen MR) is 44.8 cm³/mol. The highest BCUT2D eigenvalue weighted by molar-refractivity contribution is 7.13. The monoisotopic (exact) mass is 195 g/mol. The van der Waals surface area contributed by atoms with Gasteiger partial charge in [0, 0.05) is 0 Å². The molecule has 0 fully saturated rings. The van der Waals surface area contributed by atoms with E-state index in [-0.39, 0.29) is 6.15 Å². The molecule has 0 radical (unpaired) electrons. The van der Waals surface area contributed by atoms with Gasteiger partial charge in [0.2, 0.25) is 0 Å². The molecule has 0 aliphatic rings. The number of hydrogen-bond acceptors (Lipinski definition) is 5. The largest absolute Gasteiger partial charge is 0.443 e. The third-order valence-corrected chi connectivity index (χ3v) is 2.08. The van der Waals surface area contributed by atoms with Gasteiger partial charge in [0.25, 0.3) is 0 Å². The molecule has 0 atom stereocenters. The second-order valence-electron chi connectivity index (χ2n) is 1.93. The molecule has 4 nitrogen and oxygen atoms in total. The number of aromatic nitrogens is 1. The Morgan fingerprint density at radius 3 is 2.69 bits per heavy atom. The molecule has 13 heavy (non-hydrogen) atoms. The van der Waals surface area contributed by atoms with Crippen LogP contribution in [0, 0.1) is 0 Å². The van der Waals surface area contributed by atoms with Crippen LogP contribution >= 0.6 is 11.3 Å². The molecule has 2 aromatic heterocycles. The molecule has 0 N–H and O–H groups in total. The van der Waals surface area contributed by atoms with E-state index in [0.29, 0.717) is 0 Å². The second-order valence-corrected chi connectivity index (χ2v) is 2.87. The number of rotatable bonds is 1. The Morgan fingerprint density at radius 1 is 1.46 bits per heavy atom. The number of nitrogens with zero attached hydrogens (tertiary/aromatic N) is 1. The van der Waals surface area contributed by atoms with Gasteiger partial charge < -0.3 is 4.42 Å². The summed E-state index contributed by atoms with van der Waals surface area (Å²) in [6.45, 7) is 0. The minimum absolute atomic E-state index is 0.250. The van der Waals surface area contributed by atoms with Crippen LogP contribution in [0.15, 0.2) is 34.5 Å². The lowest BCUT2D eigenvalue weighted by Crippen LogP contribution is -1.59. The van der Waals surface area contributed by atoms with Crippen molar-refractivity contribution in [1.82, 2.24) is 4.98 Å². The van der Waals surface area contributed by atoms with Crippen LogP contribution in [-0.4, -0.2) is 11.1 Å². The maximum absolute atomic E-state index is 8.12. The van der Waals surface area contributed by atoms with Crippen molar-refractivity contribution >= 4 is 17.5 Å². The molecule has 2 heterocycles. The van der Waals surface area contributed by atoms with E-state index in [0.717, 1.165) is 10.6 Å². The summed E-state index contributed by atoms with van der Waals surface area (Å²) in [5, 5.41) is 2.01. The van der Waals surface area contributed by atoms with E-state index >= 15 is 0 Å². The summed E-state index contributed by atoms with van der Waals surface area (Å²) < 4.78 is 5.08. The highest BCUT2D eigenvalue weighted by atomic mass is 32.1. The van der Waals surface area contributed by atoms with Crippen molar-refractivity contribution in [3.05, 3.63) is 30.1 Å².